The highest BCUT2D eigenvalue weighted by Crippen LogP contribution is 2.22. The van der Waals surface area contributed by atoms with Gasteiger partial charge in [0.25, 0.3) is 0 Å². The number of nitrogens with zero attached hydrogens (tertiary/aromatic N) is 1. The molecule has 2 N–H and O–H groups in total. The Morgan fingerprint density at radius 3 is 1.10 bits per heavy atom. The molecule has 0 aromatic rings. The predicted molar refractivity (Wildman–Crippen MR) is 175 cm³/mol. The Morgan fingerprint density at radius 1 is 0.488 bits per heavy atom. The van der Waals surface area contributed by atoms with Gasteiger partial charge in [0.05, 0.1) is 5.92 Å². The molecule has 3 atom stereocenters. The van der Waals surface area contributed by atoms with Crippen LogP contribution in [-0.4, -0.2) is 39.3 Å². The van der Waals surface area contributed by atoms with Gasteiger partial charge in [-0.15, -0.1) is 0 Å². The summed E-state index contributed by atoms with van der Waals surface area (Å²) < 4.78 is 0. The molecule has 0 rings (SSSR count). The van der Waals surface area contributed by atoms with E-state index in [4.69, 9.17) is 0 Å². The number of rotatable bonds is 31. The van der Waals surface area contributed by atoms with Crippen LogP contribution in [0.4, 0.5) is 0 Å². The van der Waals surface area contributed by atoms with Crippen LogP contribution in [0.15, 0.2) is 0 Å². The van der Waals surface area contributed by atoms with E-state index in [1.807, 2.05) is 0 Å². The van der Waals surface area contributed by atoms with Crippen molar-refractivity contribution in [1.82, 2.24) is 4.90 Å². The van der Waals surface area contributed by atoms with Crippen molar-refractivity contribution in [2.24, 2.45) is 5.92 Å². The third-order valence-electron chi connectivity index (χ3n) is 8.62. The Labute approximate surface area is 255 Å². The first-order chi connectivity index (χ1) is 19.9. The van der Waals surface area contributed by atoms with Crippen molar-refractivity contribution in [2.45, 2.75) is 214 Å². The minimum Gasteiger partial charge on any atom is -0.374 e. The molecule has 0 aliphatic heterocycles. The first-order valence-corrected chi connectivity index (χ1v) is 18.1. The fourth-order valence-corrected chi connectivity index (χ4v) is 5.96. The molecule has 5 heteroatoms. The summed E-state index contributed by atoms with van der Waals surface area (Å²) in [5.74, 6) is -1.19. The number of ketones is 1. The van der Waals surface area contributed by atoms with E-state index in [9.17, 15) is 19.8 Å². The lowest BCUT2D eigenvalue weighted by molar-refractivity contribution is -0.162. The molecule has 1 amide bonds. The van der Waals surface area contributed by atoms with Gasteiger partial charge < -0.3 is 10.2 Å². The zero-order chi connectivity index (χ0) is 30.6. The molecular formula is C36H71NO4. The number of carbonyl (C=O) groups is 2. The number of hydrogen-bond donors (Lipinski definition) is 2. The molecule has 0 bridgehead atoms. The average molecular weight is 582 g/mol. The number of aliphatic hydroxyl groups is 2. The van der Waals surface area contributed by atoms with E-state index in [1.165, 1.54) is 136 Å². The Kier molecular flexibility index (Phi) is 28.5. The second kappa shape index (κ2) is 29.1. The van der Waals surface area contributed by atoms with Crippen molar-refractivity contribution in [3.63, 3.8) is 0 Å². The van der Waals surface area contributed by atoms with Crippen LogP contribution < -0.4 is 0 Å². The molecular weight excluding hydrogens is 510 g/mol. The molecule has 0 radical (unpaired) electrons. The van der Waals surface area contributed by atoms with Gasteiger partial charge in [0.1, 0.15) is 18.2 Å². The van der Waals surface area contributed by atoms with E-state index in [-0.39, 0.29) is 5.78 Å². The van der Waals surface area contributed by atoms with Crippen LogP contribution in [-0.2, 0) is 9.59 Å². The highest BCUT2D eigenvalue weighted by molar-refractivity contribution is 6.01. The smallest absolute Gasteiger partial charge is 0.237 e. The topological polar surface area (TPSA) is 77.8 Å². The number of hydrogen-bond acceptors (Lipinski definition) is 4. The van der Waals surface area contributed by atoms with Crippen molar-refractivity contribution < 1.29 is 19.8 Å². The lowest BCUT2D eigenvalue weighted by Gasteiger charge is -2.31. The maximum atomic E-state index is 13.2. The van der Waals surface area contributed by atoms with E-state index in [0.717, 1.165) is 43.4 Å². The lowest BCUT2D eigenvalue weighted by Crippen LogP contribution is -2.49. The number of carbonyl (C=O) groups excluding carboxylic acids is 2. The van der Waals surface area contributed by atoms with Crippen LogP contribution in [0.25, 0.3) is 0 Å². The van der Waals surface area contributed by atoms with Crippen molar-refractivity contribution in [3.05, 3.63) is 0 Å². The molecule has 0 heterocycles. The van der Waals surface area contributed by atoms with Gasteiger partial charge in [-0.25, -0.2) is 0 Å². The summed E-state index contributed by atoms with van der Waals surface area (Å²) >= 11 is 0. The van der Waals surface area contributed by atoms with Gasteiger partial charge in [0.15, 0.2) is 0 Å². The Bertz CT molecular complexity index is 584. The molecule has 0 aromatic carbocycles. The Morgan fingerprint density at radius 2 is 0.780 bits per heavy atom. The van der Waals surface area contributed by atoms with E-state index in [0.29, 0.717) is 12.8 Å². The summed E-state index contributed by atoms with van der Waals surface area (Å²) in [5.41, 5.74) is 0. The SMILES string of the molecule is CCCCCCCCCCCCCCCC(=O)C(CCCCCCCCCCCCCC)C(=O)N(C(C)O)C(C)O. The van der Waals surface area contributed by atoms with Crippen LogP contribution >= 0.6 is 0 Å². The normalized spacial score (nSPS) is 13.7. The van der Waals surface area contributed by atoms with Gasteiger partial charge in [-0.3, -0.25) is 14.5 Å². The molecule has 0 saturated carbocycles. The fraction of sp³-hybridized carbons (Fsp3) is 0.944. The van der Waals surface area contributed by atoms with Crippen molar-refractivity contribution in [3.8, 4) is 0 Å². The molecule has 0 spiro atoms. The van der Waals surface area contributed by atoms with Crippen molar-refractivity contribution in [1.29, 1.82) is 0 Å². The van der Waals surface area contributed by atoms with Crippen LogP contribution in [0.5, 0.6) is 0 Å². The zero-order valence-corrected chi connectivity index (χ0v) is 28.0. The third kappa shape index (κ3) is 23.2. The Balaban J connectivity index is 4.29. The van der Waals surface area contributed by atoms with Crippen LogP contribution in [0.1, 0.15) is 201 Å². The van der Waals surface area contributed by atoms with Gasteiger partial charge >= 0.3 is 0 Å². The summed E-state index contributed by atoms with van der Waals surface area (Å²) in [6, 6.07) is 0. The first-order valence-electron chi connectivity index (χ1n) is 18.1. The maximum Gasteiger partial charge on any atom is 0.237 e. The minimum absolute atomic E-state index is 0.0209. The van der Waals surface area contributed by atoms with Gasteiger partial charge in [-0.2, -0.15) is 0 Å². The van der Waals surface area contributed by atoms with E-state index in [2.05, 4.69) is 13.8 Å². The predicted octanol–water partition coefficient (Wildman–Crippen LogP) is 10.2. The molecule has 5 nitrogen and oxygen atoms in total. The monoisotopic (exact) mass is 582 g/mol. The van der Waals surface area contributed by atoms with E-state index >= 15 is 0 Å². The molecule has 0 aliphatic carbocycles. The number of aliphatic hydroxyl groups excluding tert-OH is 2. The standard InChI is InChI=1S/C36H71NO4/c1-5-7-9-11-13-15-17-19-21-23-25-27-29-31-35(40)34(36(41)37(32(3)38)33(4)39)30-28-26-24-22-20-18-16-14-12-10-8-6-2/h32-34,38-39H,5-31H2,1-4H3. The number of Topliss-reactive ketones (excluding diaryl/α,β-unsaturated/α-hetero) is 1. The summed E-state index contributed by atoms with van der Waals surface area (Å²) in [6.45, 7) is 7.47. The minimum atomic E-state index is -1.11. The fourth-order valence-electron chi connectivity index (χ4n) is 5.96. The number of amides is 1. The molecule has 0 fully saturated rings. The van der Waals surface area contributed by atoms with Crippen LogP contribution in [0.3, 0.4) is 0 Å². The zero-order valence-electron chi connectivity index (χ0n) is 28.0. The molecule has 0 aromatic heterocycles. The summed E-state index contributed by atoms with van der Waals surface area (Å²) in [7, 11) is 0. The molecule has 41 heavy (non-hydrogen) atoms. The molecule has 3 unspecified atom stereocenters. The van der Waals surface area contributed by atoms with Crippen LogP contribution in [0, 0.1) is 5.92 Å². The highest BCUT2D eigenvalue weighted by Gasteiger charge is 2.33. The van der Waals surface area contributed by atoms with Crippen molar-refractivity contribution >= 4 is 11.7 Å². The maximum absolute atomic E-state index is 13.2. The molecule has 0 saturated heterocycles. The summed E-state index contributed by atoms with van der Waals surface area (Å²) in [5, 5.41) is 20.2. The third-order valence-corrected chi connectivity index (χ3v) is 8.62. The van der Waals surface area contributed by atoms with Gasteiger partial charge in [0, 0.05) is 6.42 Å². The molecule has 244 valence electrons. The summed E-state index contributed by atoms with van der Waals surface area (Å²) in [6.07, 6.45) is 29.9. The highest BCUT2D eigenvalue weighted by atomic mass is 16.3. The average Bonchev–Trinajstić information content (AvgIpc) is 2.93. The van der Waals surface area contributed by atoms with Gasteiger partial charge in [0.2, 0.25) is 5.91 Å². The van der Waals surface area contributed by atoms with Gasteiger partial charge in [-0.05, 0) is 26.7 Å². The largest absolute Gasteiger partial charge is 0.374 e. The number of unbranched alkanes of at least 4 members (excludes halogenated alkanes) is 23. The van der Waals surface area contributed by atoms with Crippen molar-refractivity contribution in [2.75, 3.05) is 0 Å². The second-order valence-electron chi connectivity index (χ2n) is 12.7. The first kappa shape index (κ1) is 40.1. The summed E-state index contributed by atoms with van der Waals surface area (Å²) in [4.78, 5) is 27.4. The second-order valence-corrected chi connectivity index (χ2v) is 12.7. The lowest BCUT2D eigenvalue weighted by atomic mass is 9.91. The quantitative estimate of drug-likeness (QED) is 0.0485. The molecule has 0 aliphatic rings. The Hall–Kier alpha value is -0.940. The van der Waals surface area contributed by atoms with E-state index < -0.39 is 24.3 Å². The van der Waals surface area contributed by atoms with Gasteiger partial charge in [-0.1, -0.05) is 168 Å². The van der Waals surface area contributed by atoms with Crippen LogP contribution in [0.2, 0.25) is 0 Å². The van der Waals surface area contributed by atoms with E-state index in [1.54, 1.807) is 0 Å².